The summed E-state index contributed by atoms with van der Waals surface area (Å²) in [5.74, 6) is -1.54. The number of likely N-dealkylation sites (tertiary alicyclic amines) is 1. The first kappa shape index (κ1) is 58.2. The zero-order valence-corrected chi connectivity index (χ0v) is 44.0. The van der Waals surface area contributed by atoms with Crippen molar-refractivity contribution in [2.45, 2.75) is 146 Å². The summed E-state index contributed by atoms with van der Waals surface area (Å²) < 4.78 is 11.8. The standard InChI is InChI=1S/C53H90N6O9/c1-16-52(14,49(64)37(8)42(13)61)30-43-45(56-53(55-43)21-23-57(24-22-53)31-33(2)3)41(12)54-50(65)36(7)19-17-18-35(6)46(62)39(10)47(63)40(11)48(38(9)44(67-15)20-29-60)68-51(66)59-27-25-58(26-28-59)32-34(4)5/h17-20,29,33-35,38-40,44,46-48,56,60-64H,13,16,21-28,30-32H2,1-12,14-15H3,(H,54,65)/b18-17+,29-20+,36-19-,45-41-,49-37+/t35-,38+,39+,40+,44-,46-,47+,48+,52?/m0/s1. The number of allylic oxidation sites excluding steroid dienone is 6. The molecule has 0 aliphatic carbocycles. The quantitative estimate of drug-likeness (QED) is 0.0295. The Balaban J connectivity index is 1.78. The molecule has 0 radical (unpaired) electrons. The molecular weight excluding hydrogens is 865 g/mol. The number of hydrogen-bond acceptors (Lipinski definition) is 13. The summed E-state index contributed by atoms with van der Waals surface area (Å²) in [6, 6.07) is 0. The second kappa shape index (κ2) is 26.2. The Morgan fingerprint density at radius 1 is 0.882 bits per heavy atom. The molecule has 2 amide bonds. The van der Waals surface area contributed by atoms with Crippen molar-refractivity contribution in [3.05, 3.63) is 71.2 Å². The number of piperazine rings is 1. The first-order chi connectivity index (χ1) is 31.8. The third-order valence-corrected chi connectivity index (χ3v) is 14.5. The molecule has 3 rings (SSSR count). The number of ether oxygens (including phenoxy) is 2. The highest BCUT2D eigenvalue weighted by atomic mass is 16.6. The maximum Gasteiger partial charge on any atom is 0.410 e. The van der Waals surface area contributed by atoms with Gasteiger partial charge < -0.3 is 55.4 Å². The number of carbonyl (C=O) groups excluding carboxylic acids is 2. The zero-order chi connectivity index (χ0) is 51.3. The molecule has 3 heterocycles. The Labute approximate surface area is 408 Å². The smallest absolute Gasteiger partial charge is 0.410 e. The van der Waals surface area contributed by atoms with Crippen LogP contribution in [-0.4, -0.2) is 147 Å². The third kappa shape index (κ3) is 15.7. The fraction of sp³-hybridized carbons (Fsp3) is 0.717. The van der Waals surface area contributed by atoms with Crippen molar-refractivity contribution >= 4 is 17.7 Å². The normalized spacial score (nSPS) is 23.1. The van der Waals surface area contributed by atoms with Crippen molar-refractivity contribution in [2.24, 2.45) is 45.9 Å². The average Bonchev–Trinajstić information content (AvgIpc) is 3.65. The second-order valence-electron chi connectivity index (χ2n) is 21.1. The van der Waals surface area contributed by atoms with Crippen LogP contribution in [-0.2, 0) is 14.3 Å². The molecule has 7 N–H and O–H groups in total. The molecule has 0 aromatic rings. The number of piperidine rings is 1. The largest absolute Gasteiger partial charge is 0.516 e. The number of aliphatic hydroxyl groups excluding tert-OH is 5. The second-order valence-corrected chi connectivity index (χ2v) is 21.1. The van der Waals surface area contributed by atoms with E-state index in [1.165, 1.54) is 13.2 Å². The van der Waals surface area contributed by atoms with Crippen molar-refractivity contribution in [2.75, 3.05) is 59.5 Å². The van der Waals surface area contributed by atoms with Crippen LogP contribution < -0.4 is 10.6 Å². The zero-order valence-electron chi connectivity index (χ0n) is 44.0. The molecule has 386 valence electrons. The SMILES string of the molecule is C=C(O)/C(C)=C(/O)C(C)(CC)CC1=NC2(CCN(CC(C)C)CC2)N/C1=C(/C)NC(=O)/C(C)=C\C=C\[C@H](C)[C@H](O)[C@@H](C)[C@@H](O)[C@@H](C)[C@H](OC(=O)N1CCN(CC(C)C)CC1)[C@H](C)[C@H](/C=C/O)OC. The van der Waals surface area contributed by atoms with Gasteiger partial charge in [-0.15, -0.1) is 0 Å². The number of carbonyl (C=O) groups is 2. The molecule has 15 heteroatoms. The fourth-order valence-electron chi connectivity index (χ4n) is 9.78. The fourth-order valence-corrected chi connectivity index (χ4v) is 9.78. The van der Waals surface area contributed by atoms with Gasteiger partial charge >= 0.3 is 6.09 Å². The van der Waals surface area contributed by atoms with Crippen molar-refractivity contribution in [3.63, 3.8) is 0 Å². The molecule has 68 heavy (non-hydrogen) atoms. The Morgan fingerprint density at radius 2 is 1.46 bits per heavy atom. The highest BCUT2D eigenvalue weighted by Crippen LogP contribution is 2.41. The lowest BCUT2D eigenvalue weighted by Crippen LogP contribution is -2.52. The van der Waals surface area contributed by atoms with Gasteiger partial charge in [-0.3, -0.25) is 14.7 Å². The van der Waals surface area contributed by atoms with Crippen LogP contribution in [0.4, 0.5) is 4.79 Å². The van der Waals surface area contributed by atoms with E-state index in [0.29, 0.717) is 54.6 Å². The van der Waals surface area contributed by atoms with Gasteiger partial charge in [0.2, 0.25) is 0 Å². The number of amides is 2. The van der Waals surface area contributed by atoms with Gasteiger partial charge in [-0.05, 0) is 45.1 Å². The first-order valence-corrected chi connectivity index (χ1v) is 25.0. The first-order valence-electron chi connectivity index (χ1n) is 25.0. The van der Waals surface area contributed by atoms with Crippen LogP contribution in [0.25, 0.3) is 0 Å². The molecule has 15 nitrogen and oxygen atoms in total. The van der Waals surface area contributed by atoms with Gasteiger partial charge in [-0.25, -0.2) is 4.79 Å². The van der Waals surface area contributed by atoms with Gasteiger partial charge in [0.1, 0.15) is 23.3 Å². The van der Waals surface area contributed by atoms with E-state index in [1.807, 2.05) is 34.6 Å². The van der Waals surface area contributed by atoms with E-state index in [1.54, 1.807) is 50.8 Å². The summed E-state index contributed by atoms with van der Waals surface area (Å²) in [5.41, 5.74) is 1.53. The topological polar surface area (TPSA) is 200 Å². The number of aliphatic hydroxyl groups is 5. The molecule has 0 aromatic carbocycles. The minimum absolute atomic E-state index is 0.0563. The molecule has 9 atom stereocenters. The van der Waals surface area contributed by atoms with Gasteiger partial charge in [0, 0.05) is 125 Å². The molecular formula is C53H90N6O9. The lowest BCUT2D eigenvalue weighted by Gasteiger charge is -2.40. The van der Waals surface area contributed by atoms with Gasteiger partial charge in [-0.2, -0.15) is 0 Å². The molecule has 2 fully saturated rings. The summed E-state index contributed by atoms with van der Waals surface area (Å²) >= 11 is 0. The highest BCUT2D eigenvalue weighted by molar-refractivity contribution is 6.04. The van der Waals surface area contributed by atoms with Gasteiger partial charge in [-0.1, -0.05) is 94.0 Å². The van der Waals surface area contributed by atoms with Crippen molar-refractivity contribution in [3.8, 4) is 0 Å². The number of hydrogen-bond donors (Lipinski definition) is 7. The minimum atomic E-state index is -1.09. The monoisotopic (exact) mass is 955 g/mol. The predicted molar refractivity (Wildman–Crippen MR) is 272 cm³/mol. The third-order valence-electron chi connectivity index (χ3n) is 14.5. The van der Waals surface area contributed by atoms with Crippen LogP contribution >= 0.6 is 0 Å². The number of nitrogens with one attached hydrogen (secondary N) is 2. The lowest BCUT2D eigenvalue weighted by molar-refractivity contribution is -0.116. The maximum atomic E-state index is 13.7. The predicted octanol–water partition coefficient (Wildman–Crippen LogP) is 8.17. The summed E-state index contributed by atoms with van der Waals surface area (Å²) in [5, 5.41) is 61.2. The van der Waals surface area contributed by atoms with Crippen LogP contribution in [0.2, 0.25) is 0 Å². The van der Waals surface area contributed by atoms with E-state index in [9.17, 15) is 35.1 Å². The highest BCUT2D eigenvalue weighted by Gasteiger charge is 2.44. The summed E-state index contributed by atoms with van der Waals surface area (Å²) in [6.45, 7) is 35.0. The summed E-state index contributed by atoms with van der Waals surface area (Å²) in [7, 11) is 1.51. The number of nitrogens with zero attached hydrogens (tertiary/aromatic N) is 4. The molecule has 1 unspecified atom stereocenters. The van der Waals surface area contributed by atoms with E-state index in [-0.39, 0.29) is 17.4 Å². The van der Waals surface area contributed by atoms with Gasteiger partial charge in [0.25, 0.3) is 5.91 Å². The Kier molecular flexibility index (Phi) is 22.4. The maximum absolute atomic E-state index is 13.7. The van der Waals surface area contributed by atoms with Crippen LogP contribution in [0.5, 0.6) is 0 Å². The van der Waals surface area contributed by atoms with E-state index in [2.05, 4.69) is 54.7 Å². The van der Waals surface area contributed by atoms with Gasteiger partial charge in [0.05, 0.1) is 36.0 Å². The lowest BCUT2D eigenvalue weighted by atomic mass is 9.78. The van der Waals surface area contributed by atoms with Gasteiger partial charge in [0.15, 0.2) is 0 Å². The molecule has 0 saturated carbocycles. The van der Waals surface area contributed by atoms with Crippen molar-refractivity contribution < 1.29 is 44.6 Å². The molecule has 3 aliphatic heterocycles. The molecule has 0 bridgehead atoms. The number of methoxy groups -OCH3 is 1. The van der Waals surface area contributed by atoms with Crippen molar-refractivity contribution in [1.82, 2.24) is 25.3 Å². The average molecular weight is 955 g/mol. The minimum Gasteiger partial charge on any atom is -0.516 e. The van der Waals surface area contributed by atoms with E-state index >= 15 is 0 Å². The Hall–Kier alpha value is -4.15. The summed E-state index contributed by atoms with van der Waals surface area (Å²) in [4.78, 5) is 39.1. The van der Waals surface area contributed by atoms with Crippen LogP contribution in [0.15, 0.2) is 76.2 Å². The van der Waals surface area contributed by atoms with Crippen LogP contribution in [0.3, 0.4) is 0 Å². The number of rotatable bonds is 23. The van der Waals surface area contributed by atoms with Crippen LogP contribution in [0, 0.1) is 40.9 Å². The van der Waals surface area contributed by atoms with E-state index in [0.717, 1.165) is 69.8 Å². The molecule has 3 aliphatic rings. The molecule has 0 aromatic heterocycles. The summed E-state index contributed by atoms with van der Waals surface area (Å²) in [6.07, 6.45) is 6.11. The Morgan fingerprint density at radius 3 is 1.97 bits per heavy atom. The molecule has 2 saturated heterocycles. The van der Waals surface area contributed by atoms with Crippen LogP contribution in [0.1, 0.15) is 116 Å². The Bertz CT molecular complexity index is 1870. The van der Waals surface area contributed by atoms with E-state index < -0.39 is 65.3 Å². The number of aliphatic imine (C=N–C) groups is 1. The molecule has 1 spiro atoms. The van der Waals surface area contributed by atoms with E-state index in [4.69, 9.17) is 14.5 Å². The van der Waals surface area contributed by atoms with Crippen molar-refractivity contribution in [1.29, 1.82) is 0 Å².